The zero-order valence-electron chi connectivity index (χ0n) is 17.3. The van der Waals surface area contributed by atoms with Gasteiger partial charge in [-0.25, -0.2) is 4.98 Å². The summed E-state index contributed by atoms with van der Waals surface area (Å²) < 4.78 is 1.58. The molecule has 0 aliphatic heterocycles. The van der Waals surface area contributed by atoms with Gasteiger partial charge in [0.15, 0.2) is 5.16 Å². The molecular weight excluding hydrogens is 398 g/mol. The molecular formula is C23H27N3O3S. The maximum Gasteiger partial charge on any atom is 0.262 e. The van der Waals surface area contributed by atoms with Crippen LogP contribution in [0.4, 0.5) is 0 Å². The second kappa shape index (κ2) is 10.4. The number of carbonyl (C=O) groups excluding carboxylic acids is 1. The van der Waals surface area contributed by atoms with Crippen molar-refractivity contribution in [3.05, 3.63) is 70.5 Å². The van der Waals surface area contributed by atoms with Gasteiger partial charge in [0.25, 0.3) is 5.56 Å². The van der Waals surface area contributed by atoms with E-state index in [1.165, 1.54) is 11.8 Å². The third kappa shape index (κ3) is 4.74. The van der Waals surface area contributed by atoms with Crippen LogP contribution in [0.3, 0.4) is 0 Å². The van der Waals surface area contributed by atoms with Gasteiger partial charge in [0, 0.05) is 26.2 Å². The van der Waals surface area contributed by atoms with E-state index in [1.54, 1.807) is 21.6 Å². The van der Waals surface area contributed by atoms with Crippen LogP contribution < -0.4 is 5.56 Å². The van der Waals surface area contributed by atoms with E-state index in [2.05, 4.69) is 0 Å². The summed E-state index contributed by atoms with van der Waals surface area (Å²) in [7, 11) is 0. The number of fused-ring (bicyclic) bond motifs is 1. The van der Waals surface area contributed by atoms with Crippen LogP contribution in [0.2, 0.25) is 0 Å². The normalized spacial score (nSPS) is 12.1. The highest BCUT2D eigenvalue weighted by atomic mass is 32.2. The van der Waals surface area contributed by atoms with Crippen LogP contribution >= 0.6 is 11.8 Å². The molecule has 1 unspecified atom stereocenters. The summed E-state index contributed by atoms with van der Waals surface area (Å²) in [5, 5.41) is 9.81. The molecule has 1 N–H and O–H groups in total. The third-order valence-electron chi connectivity index (χ3n) is 4.99. The molecule has 0 saturated carbocycles. The van der Waals surface area contributed by atoms with Gasteiger partial charge in [-0.2, -0.15) is 0 Å². The Morgan fingerprint density at radius 2 is 1.77 bits per heavy atom. The van der Waals surface area contributed by atoms with Crippen molar-refractivity contribution in [3.8, 4) is 0 Å². The molecule has 6 nitrogen and oxygen atoms in total. The summed E-state index contributed by atoms with van der Waals surface area (Å²) in [6.07, 6.45) is 0.438. The van der Waals surface area contributed by atoms with Crippen LogP contribution in [0, 0.1) is 0 Å². The van der Waals surface area contributed by atoms with Crippen molar-refractivity contribution in [3.63, 3.8) is 0 Å². The van der Waals surface area contributed by atoms with Crippen LogP contribution in [0.25, 0.3) is 10.9 Å². The van der Waals surface area contributed by atoms with Gasteiger partial charge in [-0.3, -0.25) is 14.2 Å². The lowest BCUT2D eigenvalue weighted by Crippen LogP contribution is -2.34. The van der Waals surface area contributed by atoms with Gasteiger partial charge < -0.3 is 10.0 Å². The summed E-state index contributed by atoms with van der Waals surface area (Å²) in [6.45, 7) is 5.46. The zero-order chi connectivity index (χ0) is 21.5. The molecule has 2 aromatic carbocycles. The largest absolute Gasteiger partial charge is 0.396 e. The fraction of sp³-hybridized carbons (Fsp3) is 0.348. The summed E-state index contributed by atoms with van der Waals surface area (Å²) in [5.41, 5.74) is 1.32. The number of amides is 1. The topological polar surface area (TPSA) is 75.4 Å². The molecule has 30 heavy (non-hydrogen) atoms. The first-order valence-electron chi connectivity index (χ1n) is 10.2. The number of likely N-dealkylation sites (N-methyl/N-ethyl adjacent to an activating group) is 1. The molecule has 0 radical (unpaired) electrons. The number of hydrogen-bond acceptors (Lipinski definition) is 5. The van der Waals surface area contributed by atoms with E-state index in [9.17, 15) is 14.7 Å². The number of aromatic nitrogens is 2. The van der Waals surface area contributed by atoms with E-state index in [0.717, 1.165) is 5.56 Å². The van der Waals surface area contributed by atoms with E-state index in [-0.39, 0.29) is 18.1 Å². The van der Waals surface area contributed by atoms with E-state index in [1.807, 2.05) is 56.3 Å². The standard InChI is InChI=1S/C23H27N3O3S/c1-3-25(4-2)22(29)20(17-11-6-5-7-12-17)30-23-24-19-14-9-8-13-18(19)21(28)26(23)15-10-16-27/h5-9,11-14,20,27H,3-4,10,15-16H2,1-2H3. The van der Waals surface area contributed by atoms with Crippen LogP contribution in [0.15, 0.2) is 64.5 Å². The molecule has 0 fully saturated rings. The zero-order valence-corrected chi connectivity index (χ0v) is 18.1. The van der Waals surface area contributed by atoms with Crippen LogP contribution in [0.1, 0.15) is 31.1 Å². The highest BCUT2D eigenvalue weighted by molar-refractivity contribution is 8.00. The number of thioether (sulfide) groups is 1. The van der Waals surface area contributed by atoms with Gasteiger partial charge in [0.2, 0.25) is 5.91 Å². The predicted octanol–water partition coefficient (Wildman–Crippen LogP) is 3.48. The Labute approximate surface area is 180 Å². The molecule has 0 spiro atoms. The number of carbonyl (C=O) groups is 1. The van der Waals surface area contributed by atoms with Gasteiger partial charge in [-0.05, 0) is 38.0 Å². The minimum absolute atomic E-state index is 0.00712. The lowest BCUT2D eigenvalue weighted by molar-refractivity contribution is -0.130. The van der Waals surface area contributed by atoms with Gasteiger partial charge in [0.1, 0.15) is 5.25 Å². The smallest absolute Gasteiger partial charge is 0.262 e. The van der Waals surface area contributed by atoms with Crippen LogP contribution in [-0.4, -0.2) is 45.2 Å². The molecule has 3 rings (SSSR count). The second-order valence-electron chi connectivity index (χ2n) is 6.86. The monoisotopic (exact) mass is 425 g/mol. The first-order valence-corrected chi connectivity index (χ1v) is 11.1. The number of hydrogen-bond donors (Lipinski definition) is 1. The highest BCUT2D eigenvalue weighted by Gasteiger charge is 2.28. The van der Waals surface area contributed by atoms with Gasteiger partial charge in [-0.15, -0.1) is 0 Å². The third-order valence-corrected chi connectivity index (χ3v) is 6.22. The second-order valence-corrected chi connectivity index (χ2v) is 7.94. The van der Waals surface area contributed by atoms with Crippen molar-refractivity contribution in [2.45, 2.75) is 37.2 Å². The van der Waals surface area contributed by atoms with E-state index < -0.39 is 5.25 Å². The number of benzene rings is 2. The first kappa shape index (κ1) is 22.1. The molecule has 0 aliphatic carbocycles. The molecule has 0 bridgehead atoms. The Bertz CT molecular complexity index is 1050. The molecule has 1 atom stereocenters. The fourth-order valence-electron chi connectivity index (χ4n) is 3.36. The quantitative estimate of drug-likeness (QED) is 0.420. The van der Waals surface area contributed by atoms with Crippen molar-refractivity contribution in [1.29, 1.82) is 0 Å². The minimum atomic E-state index is -0.514. The SMILES string of the molecule is CCN(CC)C(=O)C(Sc1nc2ccccc2c(=O)n1CCCO)c1ccccc1. The van der Waals surface area contributed by atoms with Crippen LogP contribution in [-0.2, 0) is 11.3 Å². The number of rotatable bonds is 9. The lowest BCUT2D eigenvalue weighted by Gasteiger charge is -2.25. The van der Waals surface area contributed by atoms with Gasteiger partial charge >= 0.3 is 0 Å². The fourth-order valence-corrected chi connectivity index (χ4v) is 4.57. The van der Waals surface area contributed by atoms with E-state index in [4.69, 9.17) is 4.98 Å². The summed E-state index contributed by atoms with van der Waals surface area (Å²) in [4.78, 5) is 33.0. The minimum Gasteiger partial charge on any atom is -0.396 e. The van der Waals surface area contributed by atoms with Crippen molar-refractivity contribution in [2.75, 3.05) is 19.7 Å². The number of para-hydroxylation sites is 1. The maximum absolute atomic E-state index is 13.3. The first-order chi connectivity index (χ1) is 14.6. The van der Waals surface area contributed by atoms with Crippen molar-refractivity contribution in [1.82, 2.24) is 14.5 Å². The van der Waals surface area contributed by atoms with Crippen molar-refractivity contribution in [2.24, 2.45) is 0 Å². The number of aliphatic hydroxyl groups excluding tert-OH is 1. The maximum atomic E-state index is 13.3. The average molecular weight is 426 g/mol. The Kier molecular flexibility index (Phi) is 7.65. The molecule has 7 heteroatoms. The van der Waals surface area contributed by atoms with Gasteiger partial charge in [0.05, 0.1) is 10.9 Å². The van der Waals surface area contributed by atoms with Crippen molar-refractivity contribution < 1.29 is 9.90 Å². The van der Waals surface area contributed by atoms with E-state index >= 15 is 0 Å². The summed E-state index contributed by atoms with van der Waals surface area (Å²) in [5.74, 6) is -0.00712. The predicted molar refractivity (Wildman–Crippen MR) is 121 cm³/mol. The molecule has 1 amide bonds. The Morgan fingerprint density at radius 1 is 1.10 bits per heavy atom. The lowest BCUT2D eigenvalue weighted by atomic mass is 10.1. The summed E-state index contributed by atoms with van der Waals surface area (Å²) >= 11 is 1.29. The van der Waals surface area contributed by atoms with Crippen LogP contribution in [0.5, 0.6) is 0 Å². The number of nitrogens with zero attached hydrogens (tertiary/aromatic N) is 3. The molecule has 158 valence electrons. The Balaban J connectivity index is 2.11. The van der Waals surface area contributed by atoms with Gasteiger partial charge in [-0.1, -0.05) is 54.2 Å². The molecule has 1 aromatic heterocycles. The summed E-state index contributed by atoms with van der Waals surface area (Å²) in [6, 6.07) is 16.8. The molecule has 0 saturated heterocycles. The number of aliphatic hydroxyl groups is 1. The molecule has 1 heterocycles. The van der Waals surface area contributed by atoms with Crippen molar-refractivity contribution >= 4 is 28.6 Å². The Morgan fingerprint density at radius 3 is 2.43 bits per heavy atom. The van der Waals surface area contributed by atoms with E-state index in [0.29, 0.717) is 42.1 Å². The average Bonchev–Trinajstić information content (AvgIpc) is 2.78. The Hall–Kier alpha value is -2.64. The molecule has 3 aromatic rings. The highest BCUT2D eigenvalue weighted by Crippen LogP contribution is 2.36. The molecule has 0 aliphatic rings.